The van der Waals surface area contributed by atoms with Crippen LogP contribution in [0.2, 0.25) is 0 Å². The van der Waals surface area contributed by atoms with Crippen LogP contribution in [-0.2, 0) is 27.3 Å². The summed E-state index contributed by atoms with van der Waals surface area (Å²) in [6.07, 6.45) is -1.24. The fraction of sp³-hybridized carbons (Fsp3) is 0.538. The topological polar surface area (TPSA) is 111 Å². The Hall–Kier alpha value is -3.20. The Bertz CT molecular complexity index is 1110. The van der Waals surface area contributed by atoms with Crippen molar-refractivity contribution in [2.75, 3.05) is 26.2 Å². The Morgan fingerprint density at radius 3 is 1.83 bits per heavy atom. The molecular formula is C26H31F6N3O5S. The second kappa shape index (κ2) is 14.6. The highest BCUT2D eigenvalue weighted by Gasteiger charge is 2.39. The first kappa shape index (κ1) is 34.0. The molecule has 41 heavy (non-hydrogen) atoms. The van der Waals surface area contributed by atoms with Gasteiger partial charge in [0, 0.05) is 41.8 Å². The molecule has 0 unspecified atom stereocenters. The maximum Gasteiger partial charge on any atom is 0.490 e. The van der Waals surface area contributed by atoms with Gasteiger partial charge in [0.1, 0.15) is 0 Å². The minimum absolute atomic E-state index is 0.253. The quantitative estimate of drug-likeness (QED) is 0.460. The number of aliphatic carboxylic acids is 2. The average Bonchev–Trinajstić information content (AvgIpc) is 3.30. The molecule has 228 valence electrons. The van der Waals surface area contributed by atoms with E-state index in [1.165, 1.54) is 35.7 Å². The molecule has 0 aromatic carbocycles. The van der Waals surface area contributed by atoms with Gasteiger partial charge in [0.2, 0.25) is 5.91 Å². The third-order valence-electron chi connectivity index (χ3n) is 6.83. The molecule has 2 aromatic rings. The van der Waals surface area contributed by atoms with Crippen molar-refractivity contribution in [3.63, 3.8) is 0 Å². The smallest absolute Gasteiger partial charge is 0.475 e. The van der Waals surface area contributed by atoms with Crippen molar-refractivity contribution in [1.82, 2.24) is 14.8 Å². The first-order valence-electron chi connectivity index (χ1n) is 12.6. The predicted molar refractivity (Wildman–Crippen MR) is 137 cm³/mol. The number of amides is 1. The number of aryl methyl sites for hydroxylation is 1. The maximum atomic E-state index is 12.6. The lowest BCUT2D eigenvalue weighted by Crippen LogP contribution is -2.48. The van der Waals surface area contributed by atoms with E-state index in [9.17, 15) is 31.1 Å². The number of alkyl halides is 6. The SMILES string of the molecule is Cc1ccc(CN2CCC3(CC2)CCN(C(=O)Cc2cccnc2)CC3)s1.O=C(O)C(F)(F)F.O=C(O)C(F)(F)F. The monoisotopic (exact) mass is 611 g/mol. The molecule has 0 radical (unpaired) electrons. The second-order valence-corrected chi connectivity index (χ2v) is 11.2. The lowest BCUT2D eigenvalue weighted by Gasteiger charge is -2.47. The molecule has 8 nitrogen and oxygen atoms in total. The number of piperidine rings is 2. The van der Waals surface area contributed by atoms with Gasteiger partial charge in [-0.05, 0) is 74.9 Å². The summed E-state index contributed by atoms with van der Waals surface area (Å²) in [6.45, 7) is 7.51. The van der Waals surface area contributed by atoms with Crippen LogP contribution in [0.3, 0.4) is 0 Å². The van der Waals surface area contributed by atoms with Crippen LogP contribution < -0.4 is 0 Å². The van der Waals surface area contributed by atoms with E-state index in [2.05, 4.69) is 33.8 Å². The van der Waals surface area contributed by atoms with Gasteiger partial charge in [-0.25, -0.2) is 9.59 Å². The highest BCUT2D eigenvalue weighted by Crippen LogP contribution is 2.41. The van der Waals surface area contributed by atoms with Crippen molar-refractivity contribution < 1.29 is 50.9 Å². The van der Waals surface area contributed by atoms with E-state index < -0.39 is 24.3 Å². The second-order valence-electron chi connectivity index (χ2n) is 9.81. The number of carboxylic acid groups (broad SMARTS) is 2. The lowest BCUT2D eigenvalue weighted by atomic mass is 9.71. The zero-order valence-corrected chi connectivity index (χ0v) is 23.0. The standard InChI is InChI=1S/C22H29N3OS.2C2HF3O2/c1-18-4-5-20(27-18)17-24-11-6-22(7-12-24)8-13-25(14-9-22)21(26)15-19-3-2-10-23-16-19;2*3-2(4,5)1(6)7/h2-5,10,16H,6-9,11-15,17H2,1H3;2*(H,6,7). The number of hydrogen-bond donors (Lipinski definition) is 2. The summed E-state index contributed by atoms with van der Waals surface area (Å²) in [5.74, 6) is -5.26. The summed E-state index contributed by atoms with van der Waals surface area (Å²) in [4.78, 5) is 42.1. The Morgan fingerprint density at radius 2 is 1.41 bits per heavy atom. The highest BCUT2D eigenvalue weighted by molar-refractivity contribution is 7.11. The van der Waals surface area contributed by atoms with Gasteiger partial charge in [0.25, 0.3) is 0 Å². The van der Waals surface area contributed by atoms with Crippen molar-refractivity contribution in [3.8, 4) is 0 Å². The van der Waals surface area contributed by atoms with Gasteiger partial charge in [-0.3, -0.25) is 14.7 Å². The minimum Gasteiger partial charge on any atom is -0.475 e. The van der Waals surface area contributed by atoms with Crippen LogP contribution in [0.1, 0.15) is 41.0 Å². The van der Waals surface area contributed by atoms with Crippen LogP contribution in [0, 0.1) is 12.3 Å². The fourth-order valence-corrected chi connectivity index (χ4v) is 5.43. The zero-order chi connectivity index (χ0) is 30.8. The van der Waals surface area contributed by atoms with E-state index in [1.54, 1.807) is 12.4 Å². The Morgan fingerprint density at radius 1 is 0.902 bits per heavy atom. The molecule has 1 amide bonds. The first-order chi connectivity index (χ1) is 19.0. The van der Waals surface area contributed by atoms with Crippen molar-refractivity contribution in [1.29, 1.82) is 0 Å². The molecule has 2 aliphatic rings. The minimum atomic E-state index is -5.08. The van der Waals surface area contributed by atoms with Gasteiger partial charge in [-0.15, -0.1) is 11.3 Å². The number of carbonyl (C=O) groups excluding carboxylic acids is 1. The molecule has 1 spiro atoms. The summed E-state index contributed by atoms with van der Waals surface area (Å²) in [7, 11) is 0. The van der Waals surface area contributed by atoms with E-state index in [-0.39, 0.29) is 5.91 Å². The van der Waals surface area contributed by atoms with E-state index in [4.69, 9.17) is 19.8 Å². The summed E-state index contributed by atoms with van der Waals surface area (Å²) in [6, 6.07) is 8.39. The largest absolute Gasteiger partial charge is 0.490 e. The maximum absolute atomic E-state index is 12.6. The summed E-state index contributed by atoms with van der Waals surface area (Å²) >= 11 is 1.92. The number of halogens is 6. The zero-order valence-electron chi connectivity index (χ0n) is 22.2. The Kier molecular flexibility index (Phi) is 12.1. The van der Waals surface area contributed by atoms with Gasteiger partial charge >= 0.3 is 24.3 Å². The normalized spacial score (nSPS) is 17.1. The van der Waals surface area contributed by atoms with Crippen molar-refractivity contribution in [2.45, 2.75) is 57.9 Å². The molecule has 0 aliphatic carbocycles. The molecule has 2 aliphatic heterocycles. The van der Waals surface area contributed by atoms with E-state index in [1.807, 2.05) is 23.5 Å². The number of pyridine rings is 1. The van der Waals surface area contributed by atoms with Crippen LogP contribution in [0.5, 0.6) is 0 Å². The molecule has 4 heterocycles. The van der Waals surface area contributed by atoms with Gasteiger partial charge < -0.3 is 15.1 Å². The van der Waals surface area contributed by atoms with E-state index in [0.29, 0.717) is 11.8 Å². The summed E-state index contributed by atoms with van der Waals surface area (Å²) in [5, 5.41) is 14.2. The first-order valence-corrected chi connectivity index (χ1v) is 13.4. The molecule has 0 atom stereocenters. The van der Waals surface area contributed by atoms with Crippen LogP contribution in [0.25, 0.3) is 0 Å². The number of thiophene rings is 1. The Balaban J connectivity index is 0.000000349. The van der Waals surface area contributed by atoms with Gasteiger partial charge in [-0.1, -0.05) is 6.07 Å². The highest BCUT2D eigenvalue weighted by atomic mass is 32.1. The molecule has 2 aromatic heterocycles. The molecule has 0 bridgehead atoms. The van der Waals surface area contributed by atoms with Crippen LogP contribution in [-0.4, -0.2) is 81.4 Å². The predicted octanol–water partition coefficient (Wildman–Crippen LogP) is 5.17. The molecule has 0 saturated carbocycles. The van der Waals surface area contributed by atoms with Crippen molar-refractivity contribution in [2.24, 2.45) is 5.41 Å². The Labute approximate surface area is 236 Å². The van der Waals surface area contributed by atoms with Crippen LogP contribution in [0.4, 0.5) is 26.3 Å². The third kappa shape index (κ3) is 11.7. The number of carbonyl (C=O) groups is 3. The summed E-state index contributed by atoms with van der Waals surface area (Å²) < 4.78 is 63.5. The van der Waals surface area contributed by atoms with Crippen molar-refractivity contribution in [3.05, 3.63) is 52.0 Å². The molecule has 15 heteroatoms. The molecule has 2 fully saturated rings. The molecule has 2 N–H and O–H groups in total. The number of nitrogens with zero attached hydrogens (tertiary/aromatic N) is 3. The third-order valence-corrected chi connectivity index (χ3v) is 7.82. The number of aromatic nitrogens is 1. The van der Waals surface area contributed by atoms with E-state index in [0.717, 1.165) is 38.0 Å². The van der Waals surface area contributed by atoms with Crippen molar-refractivity contribution >= 4 is 29.2 Å². The number of likely N-dealkylation sites (tertiary alicyclic amines) is 2. The number of rotatable bonds is 4. The number of carboxylic acids is 2. The van der Waals surface area contributed by atoms with Crippen LogP contribution >= 0.6 is 11.3 Å². The van der Waals surface area contributed by atoms with Gasteiger partial charge in [0.15, 0.2) is 0 Å². The van der Waals surface area contributed by atoms with Gasteiger partial charge in [-0.2, -0.15) is 26.3 Å². The van der Waals surface area contributed by atoms with Gasteiger partial charge in [0.05, 0.1) is 6.42 Å². The average molecular weight is 612 g/mol. The fourth-order valence-electron chi connectivity index (χ4n) is 4.50. The number of hydrogen-bond acceptors (Lipinski definition) is 6. The van der Waals surface area contributed by atoms with E-state index >= 15 is 0 Å². The summed E-state index contributed by atoms with van der Waals surface area (Å²) in [5.41, 5.74) is 1.48. The molecular weight excluding hydrogens is 580 g/mol. The van der Waals surface area contributed by atoms with Crippen LogP contribution in [0.15, 0.2) is 36.7 Å². The molecule has 2 saturated heterocycles. The lowest BCUT2D eigenvalue weighted by molar-refractivity contribution is -0.193. The molecule has 4 rings (SSSR count).